The van der Waals surface area contributed by atoms with Crippen molar-refractivity contribution in [2.75, 3.05) is 13.1 Å². The molecule has 0 aliphatic rings. The summed E-state index contributed by atoms with van der Waals surface area (Å²) in [6.07, 6.45) is 1.92. The van der Waals surface area contributed by atoms with Gasteiger partial charge in [-0.1, -0.05) is 33.3 Å². The van der Waals surface area contributed by atoms with Crippen molar-refractivity contribution in [3.63, 3.8) is 0 Å². The highest BCUT2D eigenvalue weighted by atomic mass is 32.2. The smallest absolute Gasteiger partial charge is 0.250 e. The van der Waals surface area contributed by atoms with Crippen LogP contribution in [0.2, 0.25) is 0 Å². The zero-order chi connectivity index (χ0) is 16.8. The molecular weight excluding hydrogens is 320 g/mol. The number of nitrogens with one attached hydrogen (secondary N) is 1. The lowest BCUT2D eigenvalue weighted by molar-refractivity contribution is -0.133. The zero-order valence-electron chi connectivity index (χ0n) is 13.7. The van der Waals surface area contributed by atoms with Gasteiger partial charge in [0.25, 0.3) is 10.0 Å². The Morgan fingerprint density at radius 3 is 2.50 bits per heavy atom. The predicted octanol–water partition coefficient (Wildman–Crippen LogP) is 2.70. The third-order valence-corrected chi connectivity index (χ3v) is 6.29. The summed E-state index contributed by atoms with van der Waals surface area (Å²) in [4.78, 5) is 14.4. The summed E-state index contributed by atoms with van der Waals surface area (Å²) in [5.41, 5.74) is 0. The van der Waals surface area contributed by atoms with Gasteiger partial charge >= 0.3 is 0 Å². The summed E-state index contributed by atoms with van der Waals surface area (Å²) < 4.78 is 27.5. The SMILES string of the molecule is CCCCN(CC)C(=O)[C@H](NS(=O)(=O)c1cccs1)C(C)C. The third kappa shape index (κ3) is 5.07. The van der Waals surface area contributed by atoms with Crippen LogP contribution in [0, 0.1) is 5.92 Å². The Labute approximate surface area is 137 Å². The number of carbonyl (C=O) groups is 1. The highest BCUT2D eigenvalue weighted by molar-refractivity contribution is 7.91. The van der Waals surface area contributed by atoms with Crippen molar-refractivity contribution in [3.8, 4) is 0 Å². The molecule has 0 aromatic carbocycles. The summed E-state index contributed by atoms with van der Waals surface area (Å²) in [7, 11) is -3.65. The van der Waals surface area contributed by atoms with Gasteiger partial charge in [-0.25, -0.2) is 8.42 Å². The van der Waals surface area contributed by atoms with Crippen LogP contribution in [0.5, 0.6) is 0 Å². The molecule has 0 radical (unpaired) electrons. The quantitative estimate of drug-likeness (QED) is 0.747. The second kappa shape index (κ2) is 8.64. The fourth-order valence-corrected chi connectivity index (χ4v) is 4.43. The lowest BCUT2D eigenvalue weighted by Crippen LogP contribution is -2.51. The maximum absolute atomic E-state index is 12.7. The first kappa shape index (κ1) is 19.1. The standard InChI is InChI=1S/C15H26N2O3S2/c1-5-7-10-17(6-2)15(18)14(12(3)4)16-22(19,20)13-9-8-11-21-13/h8-9,11-12,14,16H,5-7,10H2,1-4H3/t14-/m1/s1. The van der Waals surface area contributed by atoms with E-state index in [0.717, 1.165) is 24.2 Å². The fraction of sp³-hybridized carbons (Fsp3) is 0.667. The van der Waals surface area contributed by atoms with E-state index in [1.165, 1.54) is 0 Å². The Morgan fingerprint density at radius 1 is 1.36 bits per heavy atom. The van der Waals surface area contributed by atoms with Gasteiger partial charge in [-0.15, -0.1) is 11.3 Å². The average Bonchev–Trinajstić information content (AvgIpc) is 3.00. The second-order valence-corrected chi connectivity index (χ2v) is 8.44. The van der Waals surface area contributed by atoms with Gasteiger partial charge in [-0.3, -0.25) is 4.79 Å². The first-order valence-electron chi connectivity index (χ1n) is 7.68. The molecule has 7 heteroatoms. The zero-order valence-corrected chi connectivity index (χ0v) is 15.3. The van der Waals surface area contributed by atoms with Gasteiger partial charge in [0.2, 0.25) is 5.91 Å². The summed E-state index contributed by atoms with van der Waals surface area (Å²) in [6, 6.07) is 2.50. The van der Waals surface area contributed by atoms with Crippen molar-refractivity contribution >= 4 is 27.3 Å². The molecule has 0 aliphatic heterocycles. The Bertz CT molecular complexity index is 553. The first-order valence-corrected chi connectivity index (χ1v) is 10.0. The van der Waals surface area contributed by atoms with E-state index < -0.39 is 16.1 Å². The number of sulfonamides is 1. The second-order valence-electron chi connectivity index (χ2n) is 5.55. The van der Waals surface area contributed by atoms with Crippen LogP contribution in [0.15, 0.2) is 21.7 Å². The number of hydrogen-bond acceptors (Lipinski definition) is 4. The number of amides is 1. The van der Waals surface area contributed by atoms with Crippen LogP contribution in [-0.2, 0) is 14.8 Å². The van der Waals surface area contributed by atoms with E-state index in [2.05, 4.69) is 11.6 Å². The molecule has 5 nitrogen and oxygen atoms in total. The monoisotopic (exact) mass is 346 g/mol. The Balaban J connectivity index is 2.91. The molecule has 0 unspecified atom stereocenters. The molecule has 0 spiro atoms. The van der Waals surface area contributed by atoms with Crippen LogP contribution < -0.4 is 4.72 Å². The minimum atomic E-state index is -3.65. The summed E-state index contributed by atoms with van der Waals surface area (Å²) in [6.45, 7) is 8.94. The average molecular weight is 347 g/mol. The van der Waals surface area contributed by atoms with Crippen molar-refractivity contribution in [2.45, 2.75) is 50.8 Å². The highest BCUT2D eigenvalue weighted by Crippen LogP contribution is 2.18. The van der Waals surface area contributed by atoms with Gasteiger partial charge in [-0.05, 0) is 30.7 Å². The molecule has 22 heavy (non-hydrogen) atoms. The number of unbranched alkanes of at least 4 members (excludes halogenated alkanes) is 1. The Morgan fingerprint density at radius 2 is 2.05 bits per heavy atom. The van der Waals surface area contributed by atoms with E-state index in [0.29, 0.717) is 13.1 Å². The van der Waals surface area contributed by atoms with Gasteiger partial charge in [0, 0.05) is 13.1 Å². The molecule has 1 N–H and O–H groups in total. The third-order valence-electron chi connectivity index (χ3n) is 3.45. The molecule has 0 fully saturated rings. The van der Waals surface area contributed by atoms with E-state index in [4.69, 9.17) is 0 Å². The fourth-order valence-electron chi connectivity index (χ4n) is 2.08. The predicted molar refractivity (Wildman–Crippen MR) is 90.4 cm³/mol. The summed E-state index contributed by atoms with van der Waals surface area (Å²) in [5.74, 6) is -0.260. The van der Waals surface area contributed by atoms with E-state index in [9.17, 15) is 13.2 Å². The van der Waals surface area contributed by atoms with Crippen LogP contribution in [0.4, 0.5) is 0 Å². The number of nitrogens with zero attached hydrogens (tertiary/aromatic N) is 1. The van der Waals surface area contributed by atoms with Crippen LogP contribution >= 0.6 is 11.3 Å². The van der Waals surface area contributed by atoms with Gasteiger partial charge < -0.3 is 4.90 Å². The van der Waals surface area contributed by atoms with Gasteiger partial charge in [0.15, 0.2) is 0 Å². The number of carbonyl (C=O) groups excluding carboxylic acids is 1. The Hall–Kier alpha value is -0.920. The number of rotatable bonds is 9. The molecule has 0 aliphatic carbocycles. The normalized spacial score (nSPS) is 13.3. The topological polar surface area (TPSA) is 66.5 Å². The van der Waals surface area contributed by atoms with E-state index >= 15 is 0 Å². The van der Waals surface area contributed by atoms with E-state index in [-0.39, 0.29) is 16.0 Å². The van der Waals surface area contributed by atoms with Gasteiger partial charge in [-0.2, -0.15) is 4.72 Å². The highest BCUT2D eigenvalue weighted by Gasteiger charge is 2.31. The maximum atomic E-state index is 12.7. The van der Waals surface area contributed by atoms with Crippen LogP contribution in [0.25, 0.3) is 0 Å². The molecule has 0 bridgehead atoms. The number of hydrogen-bond donors (Lipinski definition) is 1. The van der Waals surface area contributed by atoms with Crippen molar-refractivity contribution in [1.82, 2.24) is 9.62 Å². The summed E-state index contributed by atoms with van der Waals surface area (Å²) in [5, 5.41) is 1.71. The summed E-state index contributed by atoms with van der Waals surface area (Å²) >= 11 is 1.15. The molecule has 1 amide bonds. The van der Waals surface area contributed by atoms with Crippen molar-refractivity contribution in [2.24, 2.45) is 5.92 Å². The van der Waals surface area contributed by atoms with Crippen LogP contribution in [0.1, 0.15) is 40.5 Å². The lowest BCUT2D eigenvalue weighted by Gasteiger charge is -2.28. The van der Waals surface area contributed by atoms with Gasteiger partial charge in [0.05, 0.1) is 0 Å². The lowest BCUT2D eigenvalue weighted by atomic mass is 10.0. The van der Waals surface area contributed by atoms with Gasteiger partial charge in [0.1, 0.15) is 10.3 Å². The van der Waals surface area contributed by atoms with Crippen molar-refractivity contribution < 1.29 is 13.2 Å². The number of likely N-dealkylation sites (N-methyl/N-ethyl adjacent to an activating group) is 1. The minimum Gasteiger partial charge on any atom is -0.342 e. The molecule has 1 aromatic rings. The minimum absolute atomic E-state index is 0.113. The van der Waals surface area contributed by atoms with Crippen molar-refractivity contribution in [3.05, 3.63) is 17.5 Å². The molecule has 1 atom stereocenters. The van der Waals surface area contributed by atoms with Crippen LogP contribution in [-0.4, -0.2) is 38.4 Å². The van der Waals surface area contributed by atoms with Crippen LogP contribution in [0.3, 0.4) is 0 Å². The van der Waals surface area contributed by atoms with E-state index in [1.807, 2.05) is 20.8 Å². The number of thiophene rings is 1. The Kier molecular flexibility index (Phi) is 7.52. The molecule has 1 rings (SSSR count). The first-order chi connectivity index (χ1) is 10.3. The molecule has 1 heterocycles. The van der Waals surface area contributed by atoms with E-state index in [1.54, 1.807) is 22.4 Å². The largest absolute Gasteiger partial charge is 0.342 e. The molecular formula is C15H26N2O3S2. The molecule has 0 saturated carbocycles. The van der Waals surface area contributed by atoms with Crippen molar-refractivity contribution in [1.29, 1.82) is 0 Å². The maximum Gasteiger partial charge on any atom is 0.250 e. The molecule has 0 saturated heterocycles. The molecule has 1 aromatic heterocycles. The molecule has 126 valence electrons.